The van der Waals surface area contributed by atoms with Crippen molar-refractivity contribution >= 4 is 11.9 Å². The highest BCUT2D eigenvalue weighted by Gasteiger charge is 1.92. The molecule has 0 aliphatic heterocycles. The van der Waals surface area contributed by atoms with Crippen LogP contribution in [0.15, 0.2) is 0 Å². The molecule has 0 saturated carbocycles. The van der Waals surface area contributed by atoms with E-state index in [0.29, 0.717) is 6.42 Å². The van der Waals surface area contributed by atoms with Gasteiger partial charge >= 0.3 is 6.03 Å². The number of primary amides is 1. The molecule has 11 heavy (non-hydrogen) atoms. The highest BCUT2D eigenvalue weighted by molar-refractivity contribution is 5.74. The fourth-order valence-electron chi connectivity index (χ4n) is 0.282. The molecule has 0 aliphatic rings. The fraction of sp³-hybridized carbons (Fsp3) is 0.500. The van der Waals surface area contributed by atoms with Crippen LogP contribution in [0.25, 0.3) is 0 Å². The van der Waals surface area contributed by atoms with Crippen LogP contribution in [-0.2, 0) is 4.79 Å². The van der Waals surface area contributed by atoms with Crippen molar-refractivity contribution in [1.29, 1.82) is 0 Å². The largest absolute Gasteiger partial charge is 0.351 e. The van der Waals surface area contributed by atoms with Gasteiger partial charge in [-0.3, -0.25) is 15.6 Å². The van der Waals surface area contributed by atoms with Crippen LogP contribution in [0, 0.1) is 0 Å². The monoisotopic (exact) mass is 161 g/mol. The van der Waals surface area contributed by atoms with Crippen molar-refractivity contribution in [2.75, 3.05) is 0 Å². The summed E-state index contributed by atoms with van der Waals surface area (Å²) in [6.45, 7) is 1.69. The van der Waals surface area contributed by atoms with Gasteiger partial charge in [-0.25, -0.2) is 4.79 Å². The maximum atomic E-state index is 10.5. The van der Waals surface area contributed by atoms with Crippen LogP contribution < -0.4 is 27.7 Å². The van der Waals surface area contributed by atoms with E-state index in [4.69, 9.17) is 0 Å². The summed E-state index contributed by atoms with van der Waals surface area (Å²) in [7, 11) is 0. The van der Waals surface area contributed by atoms with Crippen molar-refractivity contribution in [3.05, 3.63) is 0 Å². The van der Waals surface area contributed by atoms with Crippen LogP contribution in [-0.4, -0.2) is 11.9 Å². The van der Waals surface area contributed by atoms with Gasteiger partial charge in [-0.05, 0) is 0 Å². The standard InChI is InChI=1S/C4H11N5O2/c1-2-3(10)6-8-9-7-4(5)11/h8-9H,2H2,1H3,(H,6,10)(H3,5,7,11). The van der Waals surface area contributed by atoms with Crippen LogP contribution in [0.5, 0.6) is 0 Å². The van der Waals surface area contributed by atoms with E-state index in [1.54, 1.807) is 6.92 Å². The molecule has 0 spiro atoms. The maximum absolute atomic E-state index is 10.5. The zero-order valence-corrected chi connectivity index (χ0v) is 6.10. The summed E-state index contributed by atoms with van der Waals surface area (Å²) in [5.41, 5.74) is 13.2. The molecule has 0 fully saturated rings. The first-order valence-electron chi connectivity index (χ1n) is 3.01. The molecule has 0 saturated heterocycles. The minimum atomic E-state index is -0.747. The second kappa shape index (κ2) is 5.45. The van der Waals surface area contributed by atoms with Gasteiger partial charge in [0.15, 0.2) is 0 Å². The number of carbonyl (C=O) groups is 2. The van der Waals surface area contributed by atoms with Gasteiger partial charge in [0.1, 0.15) is 0 Å². The zero-order valence-electron chi connectivity index (χ0n) is 6.10. The van der Waals surface area contributed by atoms with Crippen molar-refractivity contribution in [1.82, 2.24) is 21.9 Å². The number of hydrogen-bond acceptors (Lipinski definition) is 4. The predicted octanol–water partition coefficient (Wildman–Crippen LogP) is -1.89. The molecule has 64 valence electrons. The average Bonchev–Trinajstić information content (AvgIpc) is 1.97. The summed E-state index contributed by atoms with van der Waals surface area (Å²) in [5, 5.41) is 0. The summed E-state index contributed by atoms with van der Waals surface area (Å²) in [5.74, 6) is -0.205. The van der Waals surface area contributed by atoms with E-state index in [9.17, 15) is 9.59 Å². The lowest BCUT2D eigenvalue weighted by Gasteiger charge is -2.06. The van der Waals surface area contributed by atoms with Gasteiger partial charge in [-0.1, -0.05) is 6.92 Å². The molecule has 0 rings (SSSR count). The third-order valence-corrected chi connectivity index (χ3v) is 0.771. The maximum Gasteiger partial charge on any atom is 0.327 e. The van der Waals surface area contributed by atoms with E-state index in [1.807, 2.05) is 5.43 Å². The fourth-order valence-corrected chi connectivity index (χ4v) is 0.282. The van der Waals surface area contributed by atoms with Crippen LogP contribution in [0.1, 0.15) is 13.3 Å². The number of rotatable bonds is 4. The Morgan fingerprint density at radius 3 is 2.27 bits per heavy atom. The molecule has 7 nitrogen and oxygen atoms in total. The van der Waals surface area contributed by atoms with Gasteiger partial charge in [-0.15, -0.1) is 0 Å². The van der Waals surface area contributed by atoms with Crippen LogP contribution >= 0.6 is 0 Å². The molecule has 0 unspecified atom stereocenters. The molecule has 0 aliphatic carbocycles. The zero-order chi connectivity index (χ0) is 8.69. The van der Waals surface area contributed by atoms with Gasteiger partial charge in [0, 0.05) is 6.42 Å². The van der Waals surface area contributed by atoms with Gasteiger partial charge in [0.2, 0.25) is 5.91 Å². The normalized spacial score (nSPS) is 8.82. The Morgan fingerprint density at radius 1 is 1.27 bits per heavy atom. The molecule has 3 amide bonds. The highest BCUT2D eigenvalue weighted by Crippen LogP contribution is 1.68. The summed E-state index contributed by atoms with van der Waals surface area (Å²) in [6.07, 6.45) is 0.352. The van der Waals surface area contributed by atoms with E-state index in [0.717, 1.165) is 0 Å². The average molecular weight is 161 g/mol. The number of urea groups is 1. The van der Waals surface area contributed by atoms with E-state index in [1.165, 1.54) is 0 Å². The van der Waals surface area contributed by atoms with Crippen LogP contribution in [0.4, 0.5) is 4.79 Å². The highest BCUT2D eigenvalue weighted by atomic mass is 16.2. The number of nitrogens with two attached hydrogens (primary N) is 1. The summed E-state index contributed by atoms with van der Waals surface area (Å²) < 4.78 is 0. The molecule has 7 heteroatoms. The summed E-state index contributed by atoms with van der Waals surface area (Å²) in [6, 6.07) is -0.747. The van der Waals surface area contributed by atoms with E-state index in [-0.39, 0.29) is 5.91 Å². The summed E-state index contributed by atoms with van der Waals surface area (Å²) in [4.78, 5) is 20.5. The summed E-state index contributed by atoms with van der Waals surface area (Å²) >= 11 is 0. The molecule has 0 heterocycles. The quantitative estimate of drug-likeness (QED) is 0.245. The Balaban J connectivity index is 3.14. The number of amides is 3. The lowest BCUT2D eigenvalue weighted by atomic mass is 10.5. The second-order valence-corrected chi connectivity index (χ2v) is 1.64. The molecule has 6 N–H and O–H groups in total. The second-order valence-electron chi connectivity index (χ2n) is 1.64. The van der Waals surface area contributed by atoms with Gasteiger partial charge in [0.05, 0.1) is 0 Å². The van der Waals surface area contributed by atoms with Gasteiger partial charge < -0.3 is 5.73 Å². The SMILES string of the molecule is CCC(=O)NNNNC(N)=O. The third-order valence-electron chi connectivity index (χ3n) is 0.771. The lowest BCUT2D eigenvalue weighted by Crippen LogP contribution is -2.55. The molecule has 0 aromatic carbocycles. The Kier molecular flexibility index (Phi) is 4.78. The molecular weight excluding hydrogens is 150 g/mol. The lowest BCUT2D eigenvalue weighted by molar-refractivity contribution is -0.122. The Morgan fingerprint density at radius 2 is 1.82 bits per heavy atom. The van der Waals surface area contributed by atoms with Gasteiger partial charge in [-0.2, -0.15) is 11.1 Å². The van der Waals surface area contributed by atoms with Crippen molar-refractivity contribution < 1.29 is 9.59 Å². The van der Waals surface area contributed by atoms with Crippen molar-refractivity contribution in [2.24, 2.45) is 5.73 Å². The van der Waals surface area contributed by atoms with E-state index < -0.39 is 6.03 Å². The minimum absolute atomic E-state index is 0.205. The first-order valence-corrected chi connectivity index (χ1v) is 3.01. The first-order chi connectivity index (χ1) is 5.16. The number of nitrogens with one attached hydrogen (secondary N) is 4. The Labute approximate surface area is 63.6 Å². The van der Waals surface area contributed by atoms with Crippen molar-refractivity contribution in [3.63, 3.8) is 0 Å². The van der Waals surface area contributed by atoms with Crippen molar-refractivity contribution in [3.8, 4) is 0 Å². The number of hydrazine groups is 3. The van der Waals surface area contributed by atoms with Crippen LogP contribution in [0.3, 0.4) is 0 Å². The molecule has 0 aromatic rings. The number of carbonyl (C=O) groups excluding carboxylic acids is 2. The smallest absolute Gasteiger partial charge is 0.327 e. The molecule has 0 radical (unpaired) electrons. The first kappa shape index (κ1) is 9.66. The molecular formula is C4H11N5O2. The van der Waals surface area contributed by atoms with Crippen LogP contribution in [0.2, 0.25) is 0 Å². The Hall–Kier alpha value is -1.34. The Bertz CT molecular complexity index is 147. The third kappa shape index (κ3) is 6.55. The molecule has 0 bridgehead atoms. The van der Waals surface area contributed by atoms with Crippen molar-refractivity contribution in [2.45, 2.75) is 13.3 Å². The predicted molar refractivity (Wildman–Crippen MR) is 37.4 cm³/mol. The molecule has 0 atom stereocenters. The number of hydrogen-bond donors (Lipinski definition) is 5. The minimum Gasteiger partial charge on any atom is -0.351 e. The van der Waals surface area contributed by atoms with E-state index >= 15 is 0 Å². The van der Waals surface area contributed by atoms with Gasteiger partial charge in [0.25, 0.3) is 0 Å². The topological polar surface area (TPSA) is 108 Å². The van der Waals surface area contributed by atoms with E-state index in [2.05, 4.69) is 22.2 Å². The molecule has 0 aromatic heterocycles.